The highest BCUT2D eigenvalue weighted by Gasteiger charge is 2.20. The quantitative estimate of drug-likeness (QED) is 0.555. The van der Waals surface area contributed by atoms with E-state index in [0.717, 1.165) is 10.3 Å². The van der Waals surface area contributed by atoms with Crippen LogP contribution in [-0.2, 0) is 0 Å². The maximum Gasteiger partial charge on any atom is 0.0856 e. The average molecular weight is 266 g/mol. The van der Waals surface area contributed by atoms with Gasteiger partial charge in [-0.15, -0.1) is 9.24 Å². The first kappa shape index (κ1) is 15.8. The molecule has 0 amide bonds. The summed E-state index contributed by atoms with van der Waals surface area (Å²) in [6, 6.07) is 7.66. The maximum atomic E-state index is 8.34. The molecule has 1 rings (SSSR count). The average Bonchev–Trinajstić information content (AvgIpc) is 2.28. The van der Waals surface area contributed by atoms with Gasteiger partial charge in [-0.25, -0.2) is 0 Å². The van der Waals surface area contributed by atoms with Crippen LogP contribution in [-0.4, -0.2) is 40.7 Å². The van der Waals surface area contributed by atoms with Crippen molar-refractivity contribution in [3.63, 3.8) is 0 Å². The zero-order valence-corrected chi connectivity index (χ0v) is 10.7. The van der Waals surface area contributed by atoms with Crippen LogP contribution in [0.3, 0.4) is 0 Å². The van der Waals surface area contributed by atoms with Crippen LogP contribution in [0.25, 0.3) is 0 Å². The smallest absolute Gasteiger partial charge is 0.0856 e. The molecule has 1 unspecified atom stereocenters. The van der Waals surface area contributed by atoms with Gasteiger partial charge in [-0.1, -0.05) is 23.7 Å². The van der Waals surface area contributed by atoms with E-state index in [1.807, 2.05) is 24.3 Å². The molecular weight excluding hydrogens is 249 g/mol. The molecule has 4 nitrogen and oxygen atoms in total. The van der Waals surface area contributed by atoms with Gasteiger partial charge in [-0.05, 0) is 17.4 Å². The van der Waals surface area contributed by atoms with Crippen molar-refractivity contribution in [1.82, 2.24) is 0 Å². The lowest BCUT2D eigenvalue weighted by atomic mass is 10.1. The number of benzene rings is 1. The Morgan fingerprint density at radius 3 is 1.88 bits per heavy atom. The summed E-state index contributed by atoms with van der Waals surface area (Å²) in [5.74, 6) is 0. The number of halogens is 1. The summed E-state index contributed by atoms with van der Waals surface area (Å²) >= 11 is 5.63. The van der Waals surface area contributed by atoms with Crippen molar-refractivity contribution < 1.29 is 15.3 Å². The number of nitrogens with two attached hydrogens (primary N) is 1. The first-order valence-corrected chi connectivity index (χ1v) is 5.55. The molecule has 0 fully saturated rings. The van der Waals surface area contributed by atoms with Crippen molar-refractivity contribution in [1.29, 1.82) is 0 Å². The molecule has 1 aromatic rings. The lowest BCUT2D eigenvalue weighted by molar-refractivity contribution is 0.0698. The second kappa shape index (κ2) is 7.96. The summed E-state index contributed by atoms with van der Waals surface area (Å²) < 4.78 is 0. The minimum absolute atomic E-state index is 0.403. The summed E-state index contributed by atoms with van der Waals surface area (Å²) in [6.45, 7) is -1.21. The van der Waals surface area contributed by atoms with Gasteiger partial charge in [-0.2, -0.15) is 0 Å². The number of hydrogen-bond donors (Lipinski definition) is 4. The molecule has 0 saturated carbocycles. The minimum atomic E-state index is -1.21. The number of aliphatic hydroxyl groups excluding tert-OH is 3. The summed E-state index contributed by atoms with van der Waals surface area (Å²) in [4.78, 5) is 0. The standard InChI is InChI=1S/C6H6ClP.C4H11NO3/c7-5-2-1-3-6(8)4-5;5-4(1-6,2-7)3-8/h1-4H,8H2;6-8H,1-3,5H2. The molecule has 0 heterocycles. The lowest BCUT2D eigenvalue weighted by Crippen LogP contribution is -2.50. The molecule has 0 aromatic heterocycles. The molecule has 0 aliphatic carbocycles. The van der Waals surface area contributed by atoms with Gasteiger partial charge in [0.05, 0.1) is 25.4 Å². The zero-order valence-electron chi connectivity index (χ0n) is 8.81. The minimum Gasteiger partial charge on any atom is -0.394 e. The molecule has 1 atom stereocenters. The van der Waals surface area contributed by atoms with Gasteiger partial charge in [0.2, 0.25) is 0 Å². The molecule has 0 aliphatic heterocycles. The molecule has 0 bridgehead atoms. The molecule has 16 heavy (non-hydrogen) atoms. The molecule has 1 aromatic carbocycles. The fourth-order valence-corrected chi connectivity index (χ4v) is 1.25. The van der Waals surface area contributed by atoms with Gasteiger partial charge < -0.3 is 21.1 Å². The monoisotopic (exact) mass is 265 g/mol. The van der Waals surface area contributed by atoms with E-state index >= 15 is 0 Å². The Morgan fingerprint density at radius 2 is 1.69 bits per heavy atom. The predicted molar refractivity (Wildman–Crippen MR) is 69.0 cm³/mol. The van der Waals surface area contributed by atoms with E-state index in [1.54, 1.807) is 0 Å². The van der Waals surface area contributed by atoms with Crippen LogP contribution in [0.1, 0.15) is 0 Å². The zero-order chi connectivity index (χ0) is 12.6. The van der Waals surface area contributed by atoms with Crippen molar-refractivity contribution in [3.8, 4) is 0 Å². The summed E-state index contributed by atoms with van der Waals surface area (Å²) in [5.41, 5.74) is 3.94. The first-order chi connectivity index (χ1) is 7.47. The third-order valence-corrected chi connectivity index (χ3v) is 2.39. The van der Waals surface area contributed by atoms with Gasteiger partial charge in [0, 0.05) is 5.02 Å². The number of hydrogen-bond acceptors (Lipinski definition) is 4. The Morgan fingerprint density at radius 1 is 1.19 bits per heavy atom. The van der Waals surface area contributed by atoms with Gasteiger partial charge in [0.1, 0.15) is 0 Å². The summed E-state index contributed by atoms with van der Waals surface area (Å²) in [7, 11) is 2.58. The predicted octanol–water partition coefficient (Wildman–Crippen LogP) is -0.499. The normalized spacial score (nSPS) is 10.6. The molecule has 0 saturated heterocycles. The highest BCUT2D eigenvalue weighted by Crippen LogP contribution is 2.04. The molecule has 92 valence electrons. The van der Waals surface area contributed by atoms with E-state index in [2.05, 4.69) is 9.24 Å². The summed E-state index contributed by atoms with van der Waals surface area (Å²) in [6.07, 6.45) is 0. The SMILES string of the molecule is NC(CO)(CO)CO.Pc1cccc(Cl)c1. The number of rotatable bonds is 3. The van der Waals surface area contributed by atoms with Crippen molar-refractivity contribution >= 4 is 26.1 Å². The first-order valence-electron chi connectivity index (χ1n) is 4.60. The van der Waals surface area contributed by atoms with Crippen LogP contribution >= 0.6 is 20.8 Å². The largest absolute Gasteiger partial charge is 0.394 e. The molecule has 5 N–H and O–H groups in total. The van der Waals surface area contributed by atoms with Gasteiger partial charge in [0.25, 0.3) is 0 Å². The van der Waals surface area contributed by atoms with Crippen LogP contribution in [0.5, 0.6) is 0 Å². The lowest BCUT2D eigenvalue weighted by Gasteiger charge is -2.20. The van der Waals surface area contributed by atoms with Crippen molar-refractivity contribution in [2.75, 3.05) is 19.8 Å². The molecule has 6 heteroatoms. The van der Waals surface area contributed by atoms with E-state index < -0.39 is 25.4 Å². The van der Waals surface area contributed by atoms with Crippen LogP contribution in [0, 0.1) is 0 Å². The highest BCUT2D eigenvalue weighted by atomic mass is 35.5. The van der Waals surface area contributed by atoms with Crippen LogP contribution < -0.4 is 11.0 Å². The third kappa shape index (κ3) is 6.38. The van der Waals surface area contributed by atoms with Crippen LogP contribution in [0.15, 0.2) is 24.3 Å². The topological polar surface area (TPSA) is 86.7 Å². The van der Waals surface area contributed by atoms with Crippen molar-refractivity contribution in [3.05, 3.63) is 29.3 Å². The van der Waals surface area contributed by atoms with E-state index in [1.165, 1.54) is 0 Å². The Balaban J connectivity index is 0.000000281. The second-order valence-corrected chi connectivity index (χ2v) is 4.49. The third-order valence-electron chi connectivity index (χ3n) is 1.79. The fourth-order valence-electron chi connectivity index (χ4n) is 0.657. The van der Waals surface area contributed by atoms with Gasteiger partial charge >= 0.3 is 0 Å². The van der Waals surface area contributed by atoms with Gasteiger partial charge in [-0.3, -0.25) is 0 Å². The molecule has 0 radical (unpaired) electrons. The van der Waals surface area contributed by atoms with E-state index in [0.29, 0.717) is 0 Å². The molecular formula is C10H17ClNO3P. The van der Waals surface area contributed by atoms with Crippen LogP contribution in [0.2, 0.25) is 5.02 Å². The molecule has 0 aliphatic rings. The maximum absolute atomic E-state index is 8.34. The number of aliphatic hydroxyl groups is 3. The van der Waals surface area contributed by atoms with E-state index in [4.69, 9.17) is 32.7 Å². The Hall–Kier alpha value is -0.220. The van der Waals surface area contributed by atoms with Crippen molar-refractivity contribution in [2.24, 2.45) is 5.73 Å². The fraction of sp³-hybridized carbons (Fsp3) is 0.400. The Kier molecular flexibility index (Phi) is 7.85. The molecule has 0 spiro atoms. The summed E-state index contributed by atoms with van der Waals surface area (Å²) in [5, 5.41) is 26.9. The van der Waals surface area contributed by atoms with Gasteiger partial charge in [0.15, 0.2) is 0 Å². The van der Waals surface area contributed by atoms with E-state index in [-0.39, 0.29) is 0 Å². The van der Waals surface area contributed by atoms with Crippen molar-refractivity contribution in [2.45, 2.75) is 5.54 Å². The Bertz CT molecular complexity index is 282. The van der Waals surface area contributed by atoms with Crippen LogP contribution in [0.4, 0.5) is 0 Å². The van der Waals surface area contributed by atoms with E-state index in [9.17, 15) is 0 Å². The highest BCUT2D eigenvalue weighted by molar-refractivity contribution is 7.27. The second-order valence-electron chi connectivity index (χ2n) is 3.39. The Labute approximate surface area is 102 Å².